The molecule has 1 aliphatic carbocycles. The van der Waals surface area contributed by atoms with E-state index in [0.29, 0.717) is 36.7 Å². The van der Waals surface area contributed by atoms with Crippen LogP contribution in [0.1, 0.15) is 41.1 Å². The lowest BCUT2D eigenvalue weighted by Crippen LogP contribution is -2.63. The summed E-state index contributed by atoms with van der Waals surface area (Å²) in [6, 6.07) is 2.52. The van der Waals surface area contributed by atoms with Crippen LogP contribution in [-0.4, -0.2) is 68.6 Å². The van der Waals surface area contributed by atoms with E-state index >= 15 is 0 Å². The predicted octanol–water partition coefficient (Wildman–Crippen LogP) is 4.43. The molecule has 8 nitrogen and oxygen atoms in total. The number of rotatable bonds is 7. The molecule has 0 radical (unpaired) electrons. The van der Waals surface area contributed by atoms with E-state index in [1.165, 1.54) is 11.3 Å². The molecule has 1 saturated heterocycles. The summed E-state index contributed by atoms with van der Waals surface area (Å²) in [5.74, 6) is -0.685. The molecule has 3 aromatic rings. The second kappa shape index (κ2) is 10.5. The maximum atomic E-state index is 13.2. The largest absolute Gasteiger partial charge is 0.416 e. The molecule has 0 spiro atoms. The van der Waals surface area contributed by atoms with Gasteiger partial charge in [0.05, 0.1) is 33.6 Å². The average molecular weight is 591 g/mol. The normalized spacial score (nSPS) is 22.9. The van der Waals surface area contributed by atoms with Crippen LogP contribution in [0.3, 0.4) is 0 Å². The first-order valence-corrected chi connectivity index (χ1v) is 13.6. The highest BCUT2D eigenvalue weighted by Gasteiger charge is 2.41. The fourth-order valence-corrected chi connectivity index (χ4v) is 6.31. The van der Waals surface area contributed by atoms with E-state index in [1.807, 2.05) is 6.92 Å². The van der Waals surface area contributed by atoms with Crippen LogP contribution in [0.5, 0.6) is 0 Å². The third-order valence-corrected chi connectivity index (χ3v) is 8.58. The summed E-state index contributed by atoms with van der Waals surface area (Å²) < 4.78 is 79.1. The number of amides is 1. The number of anilines is 1. The van der Waals surface area contributed by atoms with Gasteiger partial charge in [0.2, 0.25) is 5.91 Å². The molecule has 0 atom stereocenters. The quantitative estimate of drug-likeness (QED) is 0.353. The lowest BCUT2D eigenvalue weighted by atomic mass is 9.80. The molecule has 1 aliphatic heterocycles. The summed E-state index contributed by atoms with van der Waals surface area (Å²) in [5.41, 5.74) is -2.02. The Labute approximate surface area is 229 Å². The van der Waals surface area contributed by atoms with Crippen molar-refractivity contribution in [3.63, 3.8) is 0 Å². The molecule has 3 heterocycles. The van der Waals surface area contributed by atoms with Crippen molar-refractivity contribution < 1.29 is 36.2 Å². The maximum Gasteiger partial charge on any atom is 0.416 e. The fourth-order valence-electron chi connectivity index (χ4n) is 5.39. The van der Waals surface area contributed by atoms with Crippen LogP contribution in [-0.2, 0) is 23.1 Å². The molecule has 15 heteroatoms. The highest BCUT2D eigenvalue weighted by molar-refractivity contribution is 7.11. The molecule has 3 N–H and O–H groups in total. The molecular weight excluding hydrogens is 562 g/mol. The number of hydrogen-bond donors (Lipinski definition) is 3. The first kappa shape index (κ1) is 28.6. The summed E-state index contributed by atoms with van der Waals surface area (Å²) in [5, 5.41) is 21.0. The first-order valence-electron chi connectivity index (χ1n) is 12.8. The smallest absolute Gasteiger partial charge is 0.384 e. The van der Waals surface area contributed by atoms with Gasteiger partial charge in [-0.05, 0) is 50.8 Å². The van der Waals surface area contributed by atoms with Gasteiger partial charge in [0.15, 0.2) is 5.82 Å². The van der Waals surface area contributed by atoms with E-state index in [-0.39, 0.29) is 35.3 Å². The minimum absolute atomic E-state index is 0.129. The number of carbonyl (C=O) groups excluding carboxylic acids is 1. The fraction of sp³-hybridized carbons (Fsp3) is 0.560. The number of nitrogens with one attached hydrogen (secondary N) is 2. The standard InChI is InChI=1S/C25H28F6N6O2S/c1-14-32-9-20(40-14)23(39)6-4-17(5-7-23)36-11-16(12-36)34-21(38)10-33-22-18-8-15(25(29,30)31)2-3-19(18)37(35-22)13-24(26,27)28/h2-3,8-9,16-17,39H,4-7,10-13H2,1H3,(H,33,35)(H,34,38). The Morgan fingerprint density at radius 2 is 1.88 bits per heavy atom. The van der Waals surface area contributed by atoms with Crippen LogP contribution in [0.25, 0.3) is 10.9 Å². The SMILES string of the molecule is Cc1ncc(C2(O)CCC(N3CC(NC(=O)CNc4nn(CC(F)(F)F)c5ccc(C(F)(F)F)cc45)C3)CC2)s1. The molecule has 5 rings (SSSR count). The molecule has 2 aromatic heterocycles. The Balaban J connectivity index is 1.14. The Morgan fingerprint density at radius 3 is 2.48 bits per heavy atom. The summed E-state index contributed by atoms with van der Waals surface area (Å²) in [7, 11) is 0. The van der Waals surface area contributed by atoms with Gasteiger partial charge in [-0.15, -0.1) is 11.3 Å². The van der Waals surface area contributed by atoms with Crippen molar-refractivity contribution in [1.82, 2.24) is 25.0 Å². The molecule has 2 fully saturated rings. The first-order chi connectivity index (χ1) is 18.7. The molecule has 1 saturated carbocycles. The van der Waals surface area contributed by atoms with Gasteiger partial charge in [-0.2, -0.15) is 31.4 Å². The minimum Gasteiger partial charge on any atom is -0.384 e. The minimum atomic E-state index is -4.69. The molecule has 40 heavy (non-hydrogen) atoms. The highest BCUT2D eigenvalue weighted by Crippen LogP contribution is 2.41. The number of likely N-dealkylation sites (tertiary alicyclic amines) is 1. The number of aromatic nitrogens is 3. The van der Waals surface area contributed by atoms with Crippen molar-refractivity contribution in [3.8, 4) is 0 Å². The van der Waals surface area contributed by atoms with Gasteiger partial charge in [-0.3, -0.25) is 14.4 Å². The van der Waals surface area contributed by atoms with E-state index in [1.54, 1.807) is 6.20 Å². The zero-order valence-electron chi connectivity index (χ0n) is 21.4. The molecular formula is C25H28F6N6O2S. The summed E-state index contributed by atoms with van der Waals surface area (Å²) in [6.45, 7) is 1.29. The highest BCUT2D eigenvalue weighted by atomic mass is 32.1. The maximum absolute atomic E-state index is 13.2. The van der Waals surface area contributed by atoms with Crippen LogP contribution in [0.15, 0.2) is 24.4 Å². The van der Waals surface area contributed by atoms with Crippen LogP contribution in [0.2, 0.25) is 0 Å². The van der Waals surface area contributed by atoms with Crippen LogP contribution in [0.4, 0.5) is 32.2 Å². The third kappa shape index (κ3) is 6.20. The van der Waals surface area contributed by atoms with Gasteiger partial charge >= 0.3 is 12.4 Å². The van der Waals surface area contributed by atoms with E-state index in [0.717, 1.165) is 34.9 Å². The van der Waals surface area contributed by atoms with E-state index in [2.05, 4.69) is 25.6 Å². The lowest BCUT2D eigenvalue weighted by molar-refractivity contribution is -0.142. The summed E-state index contributed by atoms with van der Waals surface area (Å²) in [4.78, 5) is 19.9. The van der Waals surface area contributed by atoms with E-state index in [9.17, 15) is 36.2 Å². The number of fused-ring (bicyclic) bond motifs is 1. The van der Waals surface area contributed by atoms with Crippen LogP contribution < -0.4 is 10.6 Å². The molecule has 1 amide bonds. The second-order valence-electron chi connectivity index (χ2n) is 10.4. The topological polar surface area (TPSA) is 95.3 Å². The van der Waals surface area contributed by atoms with Crippen molar-refractivity contribution in [2.75, 3.05) is 25.0 Å². The number of nitrogens with zero attached hydrogens (tertiary/aromatic N) is 4. The lowest BCUT2D eigenvalue weighted by Gasteiger charge is -2.48. The van der Waals surface area contributed by atoms with Crippen molar-refractivity contribution in [1.29, 1.82) is 0 Å². The molecule has 0 unspecified atom stereocenters. The van der Waals surface area contributed by atoms with Gasteiger partial charge in [0.1, 0.15) is 12.1 Å². The van der Waals surface area contributed by atoms with Crippen molar-refractivity contribution in [2.24, 2.45) is 0 Å². The predicted molar refractivity (Wildman–Crippen MR) is 136 cm³/mol. The number of halogens is 6. The van der Waals surface area contributed by atoms with E-state index < -0.39 is 36.0 Å². The van der Waals surface area contributed by atoms with Gasteiger partial charge < -0.3 is 15.7 Å². The number of alkyl halides is 6. The van der Waals surface area contributed by atoms with Gasteiger partial charge in [-0.25, -0.2) is 4.98 Å². The number of aliphatic hydroxyl groups is 1. The molecule has 2 aliphatic rings. The molecule has 218 valence electrons. The zero-order chi connectivity index (χ0) is 28.9. The number of carbonyl (C=O) groups is 1. The summed E-state index contributed by atoms with van der Waals surface area (Å²) in [6.07, 6.45) is -4.72. The Kier molecular flexibility index (Phi) is 7.50. The average Bonchev–Trinajstić information content (AvgIpc) is 3.43. The van der Waals surface area contributed by atoms with E-state index in [4.69, 9.17) is 0 Å². The van der Waals surface area contributed by atoms with Gasteiger partial charge in [-0.1, -0.05) is 0 Å². The van der Waals surface area contributed by atoms with Crippen LogP contribution in [0, 0.1) is 6.92 Å². The number of thiazole rings is 1. The Hall–Kier alpha value is -2.91. The second-order valence-corrected chi connectivity index (χ2v) is 11.7. The van der Waals surface area contributed by atoms with Crippen molar-refractivity contribution in [2.45, 2.75) is 69.2 Å². The number of aryl methyl sites for hydroxylation is 1. The van der Waals surface area contributed by atoms with Gasteiger partial charge in [0.25, 0.3) is 0 Å². The molecule has 1 aromatic carbocycles. The van der Waals surface area contributed by atoms with Crippen molar-refractivity contribution >= 4 is 34.0 Å². The third-order valence-electron chi connectivity index (χ3n) is 7.48. The van der Waals surface area contributed by atoms with Gasteiger partial charge in [0, 0.05) is 30.7 Å². The molecule has 0 bridgehead atoms. The number of hydrogen-bond acceptors (Lipinski definition) is 7. The summed E-state index contributed by atoms with van der Waals surface area (Å²) >= 11 is 1.50. The van der Waals surface area contributed by atoms with Crippen molar-refractivity contribution in [3.05, 3.63) is 39.8 Å². The Bertz CT molecular complexity index is 1370. The number of benzene rings is 1. The van der Waals surface area contributed by atoms with Crippen LogP contribution >= 0.6 is 11.3 Å². The monoisotopic (exact) mass is 590 g/mol. The Morgan fingerprint density at radius 1 is 1.18 bits per heavy atom. The zero-order valence-corrected chi connectivity index (χ0v) is 22.3.